The highest BCUT2D eigenvalue weighted by molar-refractivity contribution is 7.99. The van der Waals surface area contributed by atoms with Gasteiger partial charge >= 0.3 is 6.09 Å². The van der Waals surface area contributed by atoms with Crippen LogP contribution in [0.15, 0.2) is 40.5 Å². The molecule has 3 aromatic rings. The second-order valence-corrected chi connectivity index (χ2v) is 11.2. The molecule has 1 fully saturated rings. The highest BCUT2D eigenvalue weighted by Crippen LogP contribution is 2.35. The summed E-state index contributed by atoms with van der Waals surface area (Å²) in [7, 11) is 0. The number of nitrogens with zero attached hydrogens (tertiary/aromatic N) is 6. The molecule has 2 N–H and O–H groups in total. The van der Waals surface area contributed by atoms with Crippen LogP contribution in [0, 0.1) is 15.9 Å². The van der Waals surface area contributed by atoms with E-state index in [-0.39, 0.29) is 41.2 Å². The third-order valence-electron chi connectivity index (χ3n) is 6.03. The number of aromatic nitrogens is 5. The fourth-order valence-electron chi connectivity index (χ4n) is 4.19. The minimum absolute atomic E-state index is 0.0818. The van der Waals surface area contributed by atoms with E-state index in [2.05, 4.69) is 31.1 Å². The molecule has 0 atom stereocenters. The van der Waals surface area contributed by atoms with E-state index in [0.717, 1.165) is 49.1 Å². The maximum atomic E-state index is 14.9. The van der Waals surface area contributed by atoms with Gasteiger partial charge in [-0.1, -0.05) is 12.8 Å². The molecule has 40 heavy (non-hydrogen) atoms. The number of ether oxygens (including phenoxy) is 1. The van der Waals surface area contributed by atoms with Gasteiger partial charge in [0, 0.05) is 29.8 Å². The summed E-state index contributed by atoms with van der Waals surface area (Å²) in [5.74, 6) is -1.49. The van der Waals surface area contributed by atoms with E-state index in [1.807, 2.05) is 0 Å². The van der Waals surface area contributed by atoms with Crippen LogP contribution in [-0.2, 0) is 11.3 Å². The summed E-state index contributed by atoms with van der Waals surface area (Å²) in [6.45, 7) is 5.58. The van der Waals surface area contributed by atoms with Crippen LogP contribution in [0.2, 0.25) is 0 Å². The van der Waals surface area contributed by atoms with Gasteiger partial charge < -0.3 is 15.4 Å². The van der Waals surface area contributed by atoms with Gasteiger partial charge in [-0.2, -0.15) is 0 Å². The van der Waals surface area contributed by atoms with Crippen LogP contribution in [0.1, 0.15) is 68.3 Å². The Hall–Kier alpha value is -4.14. The number of benzene rings is 1. The third-order valence-corrected chi connectivity index (χ3v) is 7.08. The topological polar surface area (TPSA) is 167 Å². The number of pyridine rings is 1. The van der Waals surface area contributed by atoms with Crippen LogP contribution in [0.3, 0.4) is 0 Å². The van der Waals surface area contributed by atoms with E-state index in [1.165, 1.54) is 22.9 Å². The maximum absolute atomic E-state index is 14.9. The van der Waals surface area contributed by atoms with Gasteiger partial charge in [-0.15, -0.1) is 5.10 Å². The number of rotatable bonds is 9. The molecule has 1 aliphatic carbocycles. The minimum Gasteiger partial charge on any atom is -0.444 e. The average molecular weight is 573 g/mol. The van der Waals surface area contributed by atoms with Crippen LogP contribution < -0.4 is 10.6 Å². The lowest BCUT2D eigenvalue weighted by molar-refractivity contribution is -0.384. The van der Waals surface area contributed by atoms with E-state index in [4.69, 9.17) is 4.74 Å². The van der Waals surface area contributed by atoms with E-state index in [0.29, 0.717) is 4.90 Å². The Kier molecular flexibility index (Phi) is 8.92. The largest absolute Gasteiger partial charge is 0.444 e. The first-order chi connectivity index (χ1) is 19.0. The zero-order valence-electron chi connectivity index (χ0n) is 22.2. The van der Waals surface area contributed by atoms with Crippen molar-refractivity contribution in [3.63, 3.8) is 0 Å². The SMILES string of the molecule is CC(C)(C)OC(=O)NCCn1nnnc1Sc1ccc([N+](=O)[O-])cc1C(=O)Nc1ncc(C2CCCC2)cc1F. The Bertz CT molecular complexity index is 1400. The summed E-state index contributed by atoms with van der Waals surface area (Å²) in [4.78, 5) is 40.3. The van der Waals surface area contributed by atoms with Gasteiger partial charge in [0.05, 0.1) is 17.0 Å². The molecule has 2 aromatic heterocycles. The Labute approximate surface area is 233 Å². The summed E-state index contributed by atoms with van der Waals surface area (Å²) in [6.07, 6.45) is 5.07. The standard InChI is InChI=1S/C25H29FN8O5S/c1-25(2,3)39-24(36)27-10-11-33-23(30-31-32-33)40-20-9-8-17(34(37)38)13-18(20)22(35)29-21-19(26)12-16(14-28-21)15-6-4-5-7-15/h8-9,12-15H,4-7,10-11H2,1-3H3,(H,27,36)(H,28,29,35). The van der Waals surface area contributed by atoms with Crippen molar-refractivity contribution in [2.75, 3.05) is 11.9 Å². The molecule has 4 rings (SSSR count). The normalized spacial score (nSPS) is 13.7. The number of nitrogens with one attached hydrogen (secondary N) is 2. The van der Waals surface area contributed by atoms with Gasteiger partial charge in [-0.25, -0.2) is 18.9 Å². The third kappa shape index (κ3) is 7.49. The van der Waals surface area contributed by atoms with E-state index >= 15 is 0 Å². The second kappa shape index (κ2) is 12.4. The van der Waals surface area contributed by atoms with Crippen LogP contribution in [0.25, 0.3) is 0 Å². The van der Waals surface area contributed by atoms with Crippen LogP contribution in [0.4, 0.5) is 20.7 Å². The minimum atomic E-state index is -0.781. The number of alkyl carbamates (subject to hydrolysis) is 1. The van der Waals surface area contributed by atoms with Crippen molar-refractivity contribution in [1.29, 1.82) is 0 Å². The summed E-state index contributed by atoms with van der Waals surface area (Å²) in [6, 6.07) is 5.11. The molecular weight excluding hydrogens is 543 g/mol. The first-order valence-electron chi connectivity index (χ1n) is 12.7. The van der Waals surface area contributed by atoms with Crippen molar-refractivity contribution < 1.29 is 23.6 Å². The number of halogens is 1. The molecule has 1 aromatic carbocycles. The van der Waals surface area contributed by atoms with Gasteiger partial charge in [0.1, 0.15) is 5.60 Å². The number of carbonyl (C=O) groups is 2. The smallest absolute Gasteiger partial charge is 0.407 e. The quantitative estimate of drug-likeness (QED) is 0.271. The van der Waals surface area contributed by atoms with Crippen LogP contribution in [0.5, 0.6) is 0 Å². The van der Waals surface area contributed by atoms with Crippen molar-refractivity contribution in [3.8, 4) is 0 Å². The molecule has 0 saturated heterocycles. The predicted octanol–water partition coefficient (Wildman–Crippen LogP) is 4.70. The Morgan fingerprint density at radius 1 is 1.25 bits per heavy atom. The first kappa shape index (κ1) is 28.9. The first-order valence-corrected chi connectivity index (χ1v) is 13.5. The summed E-state index contributed by atoms with van der Waals surface area (Å²) < 4.78 is 21.4. The molecule has 0 spiro atoms. The highest BCUT2D eigenvalue weighted by atomic mass is 32.2. The number of non-ortho nitro benzene ring substituents is 1. The van der Waals surface area contributed by atoms with E-state index in [1.54, 1.807) is 27.0 Å². The molecule has 0 aliphatic heterocycles. The van der Waals surface area contributed by atoms with Crippen molar-refractivity contribution in [2.45, 2.75) is 74.6 Å². The molecule has 2 amide bonds. The zero-order chi connectivity index (χ0) is 28.9. The fourth-order valence-corrected chi connectivity index (χ4v) is 5.09. The lowest BCUT2D eigenvalue weighted by atomic mass is 9.99. The molecule has 0 unspecified atom stereocenters. The number of carbonyl (C=O) groups excluding carboxylic acids is 2. The van der Waals surface area contributed by atoms with Crippen molar-refractivity contribution in [2.24, 2.45) is 0 Å². The van der Waals surface area contributed by atoms with Crippen molar-refractivity contribution in [3.05, 3.63) is 57.5 Å². The molecule has 1 saturated carbocycles. The summed E-state index contributed by atoms with van der Waals surface area (Å²) >= 11 is 0.984. The van der Waals surface area contributed by atoms with Crippen LogP contribution in [-0.4, -0.2) is 54.3 Å². The predicted molar refractivity (Wildman–Crippen MR) is 143 cm³/mol. The van der Waals surface area contributed by atoms with Gasteiger partial charge in [0.25, 0.3) is 11.6 Å². The fraction of sp³-hybridized carbons (Fsp3) is 0.440. The summed E-state index contributed by atoms with van der Waals surface area (Å²) in [5, 5.41) is 28.2. The number of amides is 2. The van der Waals surface area contributed by atoms with Crippen LogP contribution >= 0.6 is 11.8 Å². The number of nitro benzene ring substituents is 1. The second-order valence-electron chi connectivity index (χ2n) is 10.2. The molecule has 1 aliphatic rings. The van der Waals surface area contributed by atoms with Crippen molar-refractivity contribution >= 4 is 35.3 Å². The number of anilines is 1. The zero-order valence-corrected chi connectivity index (χ0v) is 23.0. The van der Waals surface area contributed by atoms with Crippen molar-refractivity contribution in [1.82, 2.24) is 30.5 Å². The molecule has 13 nitrogen and oxygen atoms in total. The summed E-state index contributed by atoms with van der Waals surface area (Å²) in [5.41, 5.74) is -0.265. The van der Waals surface area contributed by atoms with E-state index in [9.17, 15) is 24.1 Å². The van der Waals surface area contributed by atoms with Gasteiger partial charge in [0.2, 0.25) is 5.16 Å². The molecular formula is C25H29FN8O5S. The number of hydrogen-bond acceptors (Lipinski definition) is 10. The Morgan fingerprint density at radius 3 is 2.67 bits per heavy atom. The van der Waals surface area contributed by atoms with Gasteiger partial charge in [-0.05, 0) is 79.4 Å². The monoisotopic (exact) mass is 572 g/mol. The lowest BCUT2D eigenvalue weighted by Crippen LogP contribution is -2.34. The number of nitro groups is 1. The van der Waals surface area contributed by atoms with Gasteiger partial charge in [0.15, 0.2) is 11.6 Å². The van der Waals surface area contributed by atoms with Gasteiger partial charge in [-0.3, -0.25) is 14.9 Å². The van der Waals surface area contributed by atoms with E-state index < -0.39 is 28.3 Å². The molecule has 2 heterocycles. The lowest BCUT2D eigenvalue weighted by Gasteiger charge is -2.19. The molecule has 15 heteroatoms. The highest BCUT2D eigenvalue weighted by Gasteiger charge is 2.23. The molecule has 0 bridgehead atoms. The average Bonchev–Trinajstić information content (AvgIpc) is 3.57. The number of hydrogen-bond donors (Lipinski definition) is 2. The molecule has 0 radical (unpaired) electrons. The molecule has 212 valence electrons. The Balaban J connectivity index is 1.50. The maximum Gasteiger partial charge on any atom is 0.407 e. The number of tetrazole rings is 1. The Morgan fingerprint density at radius 2 is 2.00 bits per heavy atom.